The van der Waals surface area contributed by atoms with E-state index < -0.39 is 10.0 Å². The fraction of sp³-hybridized carbons (Fsp3) is 0.692. The van der Waals surface area contributed by atoms with Crippen molar-refractivity contribution >= 4 is 26.0 Å². The summed E-state index contributed by atoms with van der Waals surface area (Å²) < 4.78 is 38.5. The predicted octanol–water partition coefficient (Wildman–Crippen LogP) is 2.00. The normalized spacial score (nSPS) is 22.8. The Bertz CT molecular complexity index is 573. The van der Waals surface area contributed by atoms with E-state index in [9.17, 15) is 8.42 Å². The lowest BCUT2D eigenvalue weighted by molar-refractivity contribution is 0.107. The highest BCUT2D eigenvalue weighted by atomic mass is 79.9. The zero-order valence-corrected chi connectivity index (χ0v) is 14.6. The topological polar surface area (TPSA) is 80.6 Å². The maximum atomic E-state index is 12.4. The molecule has 2 unspecified atom stereocenters. The molecular formula is C13H21BrN2O4S. The van der Waals surface area contributed by atoms with Crippen LogP contribution in [0.1, 0.15) is 31.9 Å². The van der Waals surface area contributed by atoms with Crippen LogP contribution < -0.4 is 10.0 Å². The minimum atomic E-state index is -3.58. The minimum Gasteiger partial charge on any atom is -0.452 e. The number of hydrogen-bond donors (Lipinski definition) is 2. The fourth-order valence-corrected chi connectivity index (χ4v) is 4.74. The largest absolute Gasteiger partial charge is 0.452 e. The monoisotopic (exact) mass is 380 g/mol. The highest BCUT2D eigenvalue weighted by Gasteiger charge is 2.30. The molecule has 0 bridgehead atoms. The molecule has 0 aliphatic heterocycles. The van der Waals surface area contributed by atoms with Gasteiger partial charge in [-0.3, -0.25) is 0 Å². The van der Waals surface area contributed by atoms with Crippen LogP contribution in [0.2, 0.25) is 0 Å². The van der Waals surface area contributed by atoms with Crippen molar-refractivity contribution in [1.82, 2.24) is 10.0 Å². The summed E-state index contributed by atoms with van der Waals surface area (Å²) in [5.41, 5.74) is 0. The van der Waals surface area contributed by atoms with Gasteiger partial charge in [0.05, 0.1) is 12.6 Å². The third kappa shape index (κ3) is 4.29. The first-order valence-electron chi connectivity index (χ1n) is 7.00. The second kappa shape index (κ2) is 7.23. The Hall–Kier alpha value is -0.410. The highest BCUT2D eigenvalue weighted by molar-refractivity contribution is 9.10. The van der Waals surface area contributed by atoms with Crippen LogP contribution >= 0.6 is 15.9 Å². The number of sulfonamides is 1. The summed E-state index contributed by atoms with van der Waals surface area (Å²) in [6.07, 6.45) is 2.50. The fourth-order valence-electron chi connectivity index (χ4n) is 2.46. The molecule has 0 amide bonds. The van der Waals surface area contributed by atoms with Crippen molar-refractivity contribution in [1.29, 1.82) is 0 Å². The predicted molar refractivity (Wildman–Crippen MR) is 82.5 cm³/mol. The number of halogens is 1. The van der Waals surface area contributed by atoms with Crippen molar-refractivity contribution in [2.75, 3.05) is 13.7 Å². The number of hydrogen-bond acceptors (Lipinski definition) is 5. The average molecular weight is 381 g/mol. The Kier molecular flexibility index (Phi) is 5.84. The van der Waals surface area contributed by atoms with Crippen molar-refractivity contribution < 1.29 is 17.6 Å². The van der Waals surface area contributed by atoms with Crippen molar-refractivity contribution in [2.24, 2.45) is 0 Å². The van der Waals surface area contributed by atoms with E-state index in [1.807, 2.05) is 6.92 Å². The summed E-state index contributed by atoms with van der Waals surface area (Å²) in [6, 6.07) is 1.47. The van der Waals surface area contributed by atoms with E-state index in [-0.39, 0.29) is 21.7 Å². The smallest absolute Gasteiger partial charge is 0.245 e. The van der Waals surface area contributed by atoms with Crippen LogP contribution in [0.15, 0.2) is 20.0 Å². The molecule has 1 aliphatic rings. The standard InChI is InChI=1S/C13H21BrN2O4S/c1-3-15-8-11-7-12(13(14)20-11)21(17,18)16-9-4-5-10(6-9)19-2/h7,9-10,15-16H,3-6,8H2,1-2H3. The molecule has 2 rings (SSSR count). The van der Waals surface area contributed by atoms with Crippen LogP contribution in [0, 0.1) is 0 Å². The van der Waals surface area contributed by atoms with Crippen LogP contribution in [0.25, 0.3) is 0 Å². The molecular weight excluding hydrogens is 360 g/mol. The van der Waals surface area contributed by atoms with Gasteiger partial charge < -0.3 is 14.5 Å². The Balaban J connectivity index is 2.07. The minimum absolute atomic E-state index is 0.0843. The summed E-state index contributed by atoms with van der Waals surface area (Å²) in [5, 5.41) is 3.10. The summed E-state index contributed by atoms with van der Waals surface area (Å²) in [7, 11) is -1.93. The van der Waals surface area contributed by atoms with E-state index in [0.717, 1.165) is 19.4 Å². The lowest BCUT2D eigenvalue weighted by atomic mass is 10.3. The molecule has 1 heterocycles. The van der Waals surface area contributed by atoms with E-state index in [1.54, 1.807) is 13.2 Å². The molecule has 2 N–H and O–H groups in total. The molecule has 6 nitrogen and oxygen atoms in total. The van der Waals surface area contributed by atoms with E-state index in [4.69, 9.17) is 9.15 Å². The average Bonchev–Trinajstić information content (AvgIpc) is 3.02. The highest BCUT2D eigenvalue weighted by Crippen LogP contribution is 2.28. The van der Waals surface area contributed by atoms with Gasteiger partial charge in [0.1, 0.15) is 10.7 Å². The summed E-state index contributed by atoms with van der Waals surface area (Å²) >= 11 is 3.18. The number of methoxy groups -OCH3 is 1. The van der Waals surface area contributed by atoms with Crippen molar-refractivity contribution in [3.05, 3.63) is 16.5 Å². The SMILES string of the molecule is CCNCc1cc(S(=O)(=O)NC2CCC(OC)C2)c(Br)o1. The molecule has 1 fully saturated rings. The Morgan fingerprint density at radius 3 is 2.86 bits per heavy atom. The summed E-state index contributed by atoms with van der Waals surface area (Å²) in [4.78, 5) is 0.149. The molecule has 1 aliphatic carbocycles. The van der Waals surface area contributed by atoms with Gasteiger partial charge in [0.25, 0.3) is 0 Å². The number of ether oxygens (including phenoxy) is 1. The van der Waals surface area contributed by atoms with Gasteiger partial charge in [-0.05, 0) is 41.7 Å². The quantitative estimate of drug-likeness (QED) is 0.755. The molecule has 2 atom stereocenters. The van der Waals surface area contributed by atoms with E-state index in [0.29, 0.717) is 18.7 Å². The van der Waals surface area contributed by atoms with Crippen LogP contribution in [-0.4, -0.2) is 34.2 Å². The Morgan fingerprint density at radius 1 is 1.48 bits per heavy atom. The van der Waals surface area contributed by atoms with E-state index >= 15 is 0 Å². The first kappa shape index (κ1) is 17.0. The van der Waals surface area contributed by atoms with Gasteiger partial charge in [-0.1, -0.05) is 6.92 Å². The van der Waals surface area contributed by atoms with Crippen LogP contribution in [0.4, 0.5) is 0 Å². The molecule has 0 spiro atoms. The first-order chi connectivity index (χ1) is 9.96. The summed E-state index contributed by atoms with van der Waals surface area (Å²) in [5.74, 6) is 0.588. The van der Waals surface area contributed by atoms with Crippen LogP contribution in [-0.2, 0) is 21.3 Å². The molecule has 0 saturated heterocycles. The molecule has 1 aromatic heterocycles. The number of nitrogens with one attached hydrogen (secondary N) is 2. The zero-order valence-electron chi connectivity index (χ0n) is 12.2. The van der Waals surface area contributed by atoms with Crippen molar-refractivity contribution in [3.8, 4) is 0 Å². The molecule has 21 heavy (non-hydrogen) atoms. The number of furan rings is 1. The Morgan fingerprint density at radius 2 is 2.24 bits per heavy atom. The van der Waals surface area contributed by atoms with Gasteiger partial charge in [-0.15, -0.1) is 0 Å². The lowest BCUT2D eigenvalue weighted by Gasteiger charge is -2.12. The molecule has 1 saturated carbocycles. The third-order valence-corrected chi connectivity index (χ3v) is 5.96. The van der Waals surface area contributed by atoms with Crippen molar-refractivity contribution in [3.63, 3.8) is 0 Å². The van der Waals surface area contributed by atoms with Crippen molar-refractivity contribution in [2.45, 2.75) is 49.8 Å². The van der Waals surface area contributed by atoms with Gasteiger partial charge in [0.2, 0.25) is 10.0 Å². The van der Waals surface area contributed by atoms with Gasteiger partial charge >= 0.3 is 0 Å². The van der Waals surface area contributed by atoms with Gasteiger partial charge in [-0.25, -0.2) is 13.1 Å². The Labute approximate surface area is 133 Å². The molecule has 8 heteroatoms. The zero-order chi connectivity index (χ0) is 15.5. The molecule has 0 radical (unpaired) electrons. The van der Waals surface area contributed by atoms with E-state index in [1.165, 1.54) is 0 Å². The second-order valence-corrected chi connectivity index (χ2v) is 7.52. The lowest BCUT2D eigenvalue weighted by Crippen LogP contribution is -2.33. The summed E-state index contributed by atoms with van der Waals surface area (Å²) in [6.45, 7) is 3.27. The maximum absolute atomic E-state index is 12.4. The van der Waals surface area contributed by atoms with Gasteiger partial charge in [-0.2, -0.15) is 0 Å². The molecule has 1 aromatic rings. The molecule has 120 valence electrons. The van der Waals surface area contributed by atoms with Crippen LogP contribution in [0.5, 0.6) is 0 Å². The second-order valence-electron chi connectivity index (χ2n) is 5.12. The van der Waals surface area contributed by atoms with Gasteiger partial charge in [0, 0.05) is 19.2 Å². The van der Waals surface area contributed by atoms with E-state index in [2.05, 4.69) is 26.0 Å². The molecule has 0 aromatic carbocycles. The number of rotatable bonds is 7. The first-order valence-corrected chi connectivity index (χ1v) is 9.28. The maximum Gasteiger partial charge on any atom is 0.245 e. The third-order valence-electron chi connectivity index (χ3n) is 3.58. The van der Waals surface area contributed by atoms with Crippen LogP contribution in [0.3, 0.4) is 0 Å². The van der Waals surface area contributed by atoms with Gasteiger partial charge in [0.15, 0.2) is 4.67 Å².